The Morgan fingerprint density at radius 1 is 1.18 bits per heavy atom. The van der Waals surface area contributed by atoms with Gasteiger partial charge in [-0.05, 0) is 48.4 Å². The van der Waals surface area contributed by atoms with Crippen LogP contribution in [0.5, 0.6) is 5.75 Å². The van der Waals surface area contributed by atoms with E-state index in [9.17, 15) is 4.79 Å². The third-order valence-electron chi connectivity index (χ3n) is 6.09. The van der Waals surface area contributed by atoms with Gasteiger partial charge in [-0.2, -0.15) is 0 Å². The zero-order chi connectivity index (χ0) is 23.3. The highest BCUT2D eigenvalue weighted by Gasteiger charge is 2.26. The van der Waals surface area contributed by atoms with Crippen LogP contribution in [0.2, 0.25) is 0 Å². The van der Waals surface area contributed by atoms with Gasteiger partial charge in [0.1, 0.15) is 17.2 Å². The molecule has 1 fully saturated rings. The number of carbonyl (C=O) groups excluding carboxylic acids is 1. The topological polar surface area (TPSA) is 76.8 Å². The summed E-state index contributed by atoms with van der Waals surface area (Å²) >= 11 is 0. The summed E-state index contributed by atoms with van der Waals surface area (Å²) in [6, 6.07) is 19.2. The number of hydrogen-bond acceptors (Lipinski definition) is 6. The zero-order valence-electron chi connectivity index (χ0n) is 19.1. The van der Waals surface area contributed by atoms with E-state index in [0.717, 1.165) is 28.8 Å². The van der Waals surface area contributed by atoms with Crippen LogP contribution in [0.4, 0.5) is 11.5 Å². The molecule has 7 nitrogen and oxygen atoms in total. The lowest BCUT2D eigenvalue weighted by atomic mass is 9.97. The molecule has 0 saturated carbocycles. The van der Waals surface area contributed by atoms with Crippen LogP contribution in [0.1, 0.15) is 15.9 Å². The minimum absolute atomic E-state index is 0.0597. The molecule has 1 aliphatic rings. The summed E-state index contributed by atoms with van der Waals surface area (Å²) in [6.07, 6.45) is 4.20. The lowest BCUT2D eigenvalue weighted by Gasteiger charge is -2.25. The number of methoxy groups -OCH3 is 1. The number of benzene rings is 2. The Kier molecular flexibility index (Phi) is 6.44. The molecule has 0 bridgehead atoms. The Morgan fingerprint density at radius 3 is 3.00 bits per heavy atom. The van der Waals surface area contributed by atoms with Crippen molar-refractivity contribution < 1.29 is 18.7 Å². The molecule has 0 spiro atoms. The third-order valence-corrected chi connectivity index (χ3v) is 6.09. The summed E-state index contributed by atoms with van der Waals surface area (Å²) in [5.41, 5.74) is 3.42. The lowest BCUT2D eigenvalue weighted by molar-refractivity contribution is 0.0738. The first-order valence-corrected chi connectivity index (χ1v) is 11.4. The number of amides is 1. The van der Waals surface area contributed by atoms with Crippen LogP contribution in [0.15, 0.2) is 77.5 Å². The van der Waals surface area contributed by atoms with Gasteiger partial charge in [0.05, 0.1) is 32.2 Å². The van der Waals surface area contributed by atoms with E-state index in [1.165, 1.54) is 5.56 Å². The molecule has 0 aliphatic carbocycles. The molecule has 1 amide bonds. The summed E-state index contributed by atoms with van der Waals surface area (Å²) in [5.74, 6) is 1.37. The SMILES string of the molecule is COc1cccc(Nc2ncccc2C(=O)N2CCOC[C@@H](Cc3cccc4occc34)C2)c1. The Labute approximate surface area is 198 Å². The predicted octanol–water partition coefficient (Wildman–Crippen LogP) is 4.91. The van der Waals surface area contributed by atoms with Crippen molar-refractivity contribution in [1.29, 1.82) is 0 Å². The van der Waals surface area contributed by atoms with E-state index in [4.69, 9.17) is 13.9 Å². The number of rotatable bonds is 6. The van der Waals surface area contributed by atoms with Gasteiger partial charge >= 0.3 is 0 Å². The van der Waals surface area contributed by atoms with Crippen molar-refractivity contribution in [3.63, 3.8) is 0 Å². The van der Waals surface area contributed by atoms with E-state index >= 15 is 0 Å². The molecule has 2 aromatic carbocycles. The largest absolute Gasteiger partial charge is 0.497 e. The van der Waals surface area contributed by atoms with Crippen LogP contribution >= 0.6 is 0 Å². The average Bonchev–Trinajstić information content (AvgIpc) is 3.24. The van der Waals surface area contributed by atoms with Crippen molar-refractivity contribution in [2.75, 3.05) is 38.7 Å². The second-order valence-electron chi connectivity index (χ2n) is 8.40. The van der Waals surface area contributed by atoms with E-state index in [2.05, 4.69) is 16.4 Å². The quantitative estimate of drug-likeness (QED) is 0.443. The number of fused-ring (bicyclic) bond motifs is 1. The lowest BCUT2D eigenvalue weighted by Crippen LogP contribution is -2.36. The summed E-state index contributed by atoms with van der Waals surface area (Å²) in [7, 11) is 1.62. The summed E-state index contributed by atoms with van der Waals surface area (Å²) < 4.78 is 16.7. The minimum Gasteiger partial charge on any atom is -0.497 e. The molecular weight excluding hydrogens is 430 g/mol. The van der Waals surface area contributed by atoms with Gasteiger partial charge in [0.2, 0.25) is 0 Å². The van der Waals surface area contributed by atoms with Crippen molar-refractivity contribution >= 4 is 28.4 Å². The highest BCUT2D eigenvalue weighted by Crippen LogP contribution is 2.26. The van der Waals surface area contributed by atoms with E-state index in [-0.39, 0.29) is 11.8 Å². The van der Waals surface area contributed by atoms with Gasteiger partial charge in [0, 0.05) is 42.3 Å². The molecule has 3 heterocycles. The Bertz CT molecular complexity index is 1290. The average molecular weight is 458 g/mol. The highest BCUT2D eigenvalue weighted by molar-refractivity contribution is 5.99. The number of carbonyl (C=O) groups is 1. The number of hydrogen-bond donors (Lipinski definition) is 1. The van der Waals surface area contributed by atoms with Crippen LogP contribution in [0, 0.1) is 5.92 Å². The predicted molar refractivity (Wildman–Crippen MR) is 131 cm³/mol. The van der Waals surface area contributed by atoms with Crippen molar-refractivity contribution in [3.8, 4) is 5.75 Å². The maximum absolute atomic E-state index is 13.6. The van der Waals surface area contributed by atoms with Crippen LogP contribution < -0.4 is 10.1 Å². The number of nitrogens with one attached hydrogen (secondary N) is 1. The normalized spacial score (nSPS) is 16.3. The molecule has 7 heteroatoms. The maximum atomic E-state index is 13.6. The third kappa shape index (κ3) is 4.75. The molecule has 1 N–H and O–H groups in total. The minimum atomic E-state index is -0.0597. The Balaban J connectivity index is 1.35. The fourth-order valence-electron chi connectivity index (χ4n) is 4.42. The fraction of sp³-hybridized carbons (Fsp3) is 0.259. The second-order valence-corrected chi connectivity index (χ2v) is 8.40. The van der Waals surface area contributed by atoms with Crippen molar-refractivity contribution in [2.45, 2.75) is 6.42 Å². The van der Waals surface area contributed by atoms with Crippen molar-refractivity contribution in [3.05, 3.63) is 84.3 Å². The van der Waals surface area contributed by atoms with Gasteiger partial charge in [-0.15, -0.1) is 0 Å². The summed E-state index contributed by atoms with van der Waals surface area (Å²) in [4.78, 5) is 19.9. The monoisotopic (exact) mass is 457 g/mol. The first-order valence-electron chi connectivity index (χ1n) is 11.4. The number of anilines is 2. The molecule has 0 unspecified atom stereocenters. The van der Waals surface area contributed by atoms with E-state index in [1.807, 2.05) is 53.4 Å². The van der Waals surface area contributed by atoms with Crippen LogP contribution in [0.25, 0.3) is 11.0 Å². The highest BCUT2D eigenvalue weighted by atomic mass is 16.5. The molecule has 4 aromatic rings. The van der Waals surface area contributed by atoms with E-state index in [0.29, 0.717) is 37.7 Å². The number of pyridine rings is 1. The number of ether oxygens (including phenoxy) is 2. The number of furan rings is 1. The maximum Gasteiger partial charge on any atom is 0.257 e. The van der Waals surface area contributed by atoms with Gasteiger partial charge in [-0.1, -0.05) is 18.2 Å². The van der Waals surface area contributed by atoms with E-state index < -0.39 is 0 Å². The van der Waals surface area contributed by atoms with Crippen LogP contribution in [0.3, 0.4) is 0 Å². The number of nitrogens with zero attached hydrogens (tertiary/aromatic N) is 2. The zero-order valence-corrected chi connectivity index (χ0v) is 19.1. The molecule has 1 aliphatic heterocycles. The van der Waals surface area contributed by atoms with Gasteiger partial charge in [-0.25, -0.2) is 4.98 Å². The van der Waals surface area contributed by atoms with Crippen LogP contribution in [-0.2, 0) is 11.2 Å². The molecule has 5 rings (SSSR count). The number of aromatic nitrogens is 1. The fourth-order valence-corrected chi connectivity index (χ4v) is 4.42. The first kappa shape index (κ1) is 22.0. The standard InChI is InChI=1S/C27H27N3O4/c1-32-22-7-3-6-21(16-22)29-26-24(8-4-11-28-26)27(31)30-12-14-33-18-19(17-30)15-20-5-2-9-25-23(20)10-13-34-25/h2-11,13,16,19H,12,14-15,17-18H2,1H3,(H,28,29)/t19-/m0/s1. The molecule has 0 radical (unpaired) electrons. The molecular formula is C27H27N3O4. The molecule has 34 heavy (non-hydrogen) atoms. The molecule has 174 valence electrons. The van der Waals surface area contributed by atoms with Gasteiger partial charge in [-0.3, -0.25) is 4.79 Å². The van der Waals surface area contributed by atoms with Crippen molar-refractivity contribution in [1.82, 2.24) is 9.88 Å². The molecule has 2 aromatic heterocycles. The molecule has 1 saturated heterocycles. The Hall–Kier alpha value is -3.84. The summed E-state index contributed by atoms with van der Waals surface area (Å²) in [5, 5.41) is 4.38. The first-order chi connectivity index (χ1) is 16.7. The van der Waals surface area contributed by atoms with Gasteiger partial charge in [0.25, 0.3) is 5.91 Å². The van der Waals surface area contributed by atoms with Crippen LogP contribution in [-0.4, -0.2) is 49.2 Å². The van der Waals surface area contributed by atoms with Crippen molar-refractivity contribution in [2.24, 2.45) is 5.92 Å². The Morgan fingerprint density at radius 2 is 2.09 bits per heavy atom. The smallest absolute Gasteiger partial charge is 0.257 e. The van der Waals surface area contributed by atoms with Gasteiger partial charge < -0.3 is 24.1 Å². The summed E-state index contributed by atoms with van der Waals surface area (Å²) in [6.45, 7) is 2.27. The van der Waals surface area contributed by atoms with E-state index in [1.54, 1.807) is 25.6 Å². The van der Waals surface area contributed by atoms with Gasteiger partial charge in [0.15, 0.2) is 0 Å². The second kappa shape index (κ2) is 9.97. The molecule has 1 atom stereocenters.